The van der Waals surface area contributed by atoms with E-state index in [2.05, 4.69) is 25.9 Å². The number of nitrogens with one attached hydrogen (secondary N) is 2. The predicted octanol–water partition coefficient (Wildman–Crippen LogP) is 0.196. The summed E-state index contributed by atoms with van der Waals surface area (Å²) in [5, 5.41) is 15.4. The Morgan fingerprint density at radius 3 is 3.06 bits per heavy atom. The first-order valence-electron chi connectivity index (χ1n) is 5.10. The van der Waals surface area contributed by atoms with E-state index in [0.29, 0.717) is 5.82 Å². The number of nitrogens with zero attached hydrogens (tertiary/aromatic N) is 4. The van der Waals surface area contributed by atoms with Crippen LogP contribution in [0, 0.1) is 0 Å². The Bertz CT molecular complexity index is 509. The van der Waals surface area contributed by atoms with Gasteiger partial charge in [-0.15, -0.1) is 10.2 Å². The molecular formula is C9H10F2N6O. The molecule has 2 aromatic heterocycles. The molecule has 7 nitrogen and oxygen atoms in total. The van der Waals surface area contributed by atoms with Gasteiger partial charge in [-0.2, -0.15) is 5.21 Å². The summed E-state index contributed by atoms with van der Waals surface area (Å²) in [5.74, 6) is -0.152. The van der Waals surface area contributed by atoms with Crippen LogP contribution in [-0.4, -0.2) is 37.5 Å². The van der Waals surface area contributed by atoms with Crippen molar-refractivity contribution in [3.05, 3.63) is 29.8 Å². The maximum absolute atomic E-state index is 12.3. The van der Waals surface area contributed by atoms with Crippen LogP contribution in [0.3, 0.4) is 0 Å². The van der Waals surface area contributed by atoms with Crippen LogP contribution in [-0.2, 0) is 13.1 Å². The molecule has 0 atom stereocenters. The second-order valence-electron chi connectivity index (χ2n) is 3.45. The minimum Gasteiger partial charge on any atom is -0.343 e. The molecule has 0 aliphatic rings. The summed E-state index contributed by atoms with van der Waals surface area (Å²) in [6.45, 7) is -0.437. The number of amides is 1. The van der Waals surface area contributed by atoms with E-state index in [1.54, 1.807) is 0 Å². The molecular weight excluding hydrogens is 246 g/mol. The summed E-state index contributed by atoms with van der Waals surface area (Å²) in [5.41, 5.74) is 0.166. The largest absolute Gasteiger partial charge is 0.343 e. The van der Waals surface area contributed by atoms with Gasteiger partial charge in [0, 0.05) is 6.20 Å². The van der Waals surface area contributed by atoms with Crippen LogP contribution in [0.4, 0.5) is 8.78 Å². The number of tetrazole rings is 1. The molecule has 1 amide bonds. The fraction of sp³-hybridized carbons (Fsp3) is 0.333. The van der Waals surface area contributed by atoms with E-state index >= 15 is 0 Å². The van der Waals surface area contributed by atoms with Crippen molar-refractivity contribution in [2.24, 2.45) is 0 Å². The molecule has 2 aromatic rings. The van der Waals surface area contributed by atoms with Gasteiger partial charge in [-0.05, 0) is 12.1 Å². The molecule has 0 unspecified atom stereocenters. The lowest BCUT2D eigenvalue weighted by Gasteiger charge is -2.08. The number of halogens is 2. The molecule has 2 rings (SSSR count). The van der Waals surface area contributed by atoms with Crippen LogP contribution in [0.2, 0.25) is 0 Å². The number of carbonyl (C=O) groups is 1. The molecule has 2 heterocycles. The third-order valence-corrected chi connectivity index (χ3v) is 2.19. The van der Waals surface area contributed by atoms with Gasteiger partial charge < -0.3 is 9.88 Å². The summed E-state index contributed by atoms with van der Waals surface area (Å²) >= 11 is 0. The van der Waals surface area contributed by atoms with Gasteiger partial charge in [-0.3, -0.25) is 4.79 Å². The van der Waals surface area contributed by atoms with E-state index < -0.39 is 18.9 Å². The summed E-state index contributed by atoms with van der Waals surface area (Å²) < 4.78 is 25.7. The molecule has 0 aliphatic carbocycles. The van der Waals surface area contributed by atoms with Crippen LogP contribution in [0.25, 0.3) is 0 Å². The second-order valence-corrected chi connectivity index (χ2v) is 3.45. The number of alkyl halides is 2. The van der Waals surface area contributed by atoms with Crippen molar-refractivity contribution < 1.29 is 13.6 Å². The van der Waals surface area contributed by atoms with E-state index in [4.69, 9.17) is 0 Å². The van der Waals surface area contributed by atoms with Crippen LogP contribution >= 0.6 is 0 Å². The Balaban J connectivity index is 1.98. The highest BCUT2D eigenvalue weighted by atomic mass is 19.3. The highest BCUT2D eigenvalue weighted by Crippen LogP contribution is 2.06. The maximum atomic E-state index is 12.3. The third-order valence-electron chi connectivity index (χ3n) is 2.19. The molecule has 0 spiro atoms. The van der Waals surface area contributed by atoms with Crippen LogP contribution < -0.4 is 5.32 Å². The first-order valence-corrected chi connectivity index (χ1v) is 5.10. The Morgan fingerprint density at radius 1 is 1.56 bits per heavy atom. The average Bonchev–Trinajstić information content (AvgIpc) is 2.95. The molecule has 0 aromatic carbocycles. The molecule has 0 saturated heterocycles. The van der Waals surface area contributed by atoms with Crippen LogP contribution in [0.1, 0.15) is 16.3 Å². The molecule has 18 heavy (non-hydrogen) atoms. The standard InChI is InChI=1S/C9H10F2N6O/c10-7(11)5-17-3-1-2-6(17)9(18)12-4-8-13-15-16-14-8/h1-3,7H,4-5H2,(H,12,18)(H,13,14,15,16). The predicted molar refractivity (Wildman–Crippen MR) is 55.8 cm³/mol. The lowest BCUT2D eigenvalue weighted by molar-refractivity contribution is 0.0927. The Kier molecular flexibility index (Phi) is 3.60. The number of hydrogen-bond donors (Lipinski definition) is 2. The van der Waals surface area contributed by atoms with E-state index in [9.17, 15) is 13.6 Å². The third kappa shape index (κ3) is 2.87. The maximum Gasteiger partial charge on any atom is 0.268 e. The molecule has 0 aliphatic heterocycles. The van der Waals surface area contributed by atoms with Gasteiger partial charge in [0.1, 0.15) is 5.69 Å². The molecule has 0 bridgehead atoms. The molecule has 96 valence electrons. The number of aromatic amines is 1. The van der Waals surface area contributed by atoms with Crippen molar-refractivity contribution in [3.63, 3.8) is 0 Å². The lowest BCUT2D eigenvalue weighted by Crippen LogP contribution is -2.26. The van der Waals surface area contributed by atoms with Crippen LogP contribution in [0.5, 0.6) is 0 Å². The summed E-state index contributed by atoms with van der Waals surface area (Å²) in [7, 11) is 0. The Morgan fingerprint density at radius 2 is 2.39 bits per heavy atom. The number of hydrogen-bond acceptors (Lipinski definition) is 4. The van der Waals surface area contributed by atoms with E-state index in [0.717, 1.165) is 0 Å². The SMILES string of the molecule is O=C(NCc1nn[nH]n1)c1cccn1CC(F)F. The molecule has 0 radical (unpaired) electrons. The highest BCUT2D eigenvalue weighted by molar-refractivity contribution is 5.92. The Labute approximate surface area is 100 Å². The zero-order chi connectivity index (χ0) is 13.0. The van der Waals surface area contributed by atoms with Crippen molar-refractivity contribution in [1.29, 1.82) is 0 Å². The first kappa shape index (κ1) is 12.1. The smallest absolute Gasteiger partial charge is 0.268 e. The molecule has 0 saturated carbocycles. The first-order chi connectivity index (χ1) is 8.66. The summed E-state index contributed by atoms with van der Waals surface area (Å²) in [6.07, 6.45) is -1.09. The van der Waals surface area contributed by atoms with Gasteiger partial charge in [0.2, 0.25) is 0 Å². The monoisotopic (exact) mass is 256 g/mol. The fourth-order valence-electron chi connectivity index (χ4n) is 1.44. The minimum absolute atomic E-state index is 0.0786. The lowest BCUT2D eigenvalue weighted by atomic mass is 10.4. The van der Waals surface area contributed by atoms with E-state index in [-0.39, 0.29) is 12.2 Å². The van der Waals surface area contributed by atoms with Crippen molar-refractivity contribution >= 4 is 5.91 Å². The molecule has 9 heteroatoms. The van der Waals surface area contributed by atoms with Gasteiger partial charge in [0.25, 0.3) is 12.3 Å². The second kappa shape index (κ2) is 5.34. The molecule has 2 N–H and O–H groups in total. The fourth-order valence-corrected chi connectivity index (χ4v) is 1.44. The topological polar surface area (TPSA) is 88.5 Å². The van der Waals surface area contributed by atoms with Crippen molar-refractivity contribution in [3.8, 4) is 0 Å². The number of carbonyl (C=O) groups excluding carboxylic acids is 1. The minimum atomic E-state index is -2.51. The zero-order valence-electron chi connectivity index (χ0n) is 9.18. The highest BCUT2D eigenvalue weighted by Gasteiger charge is 2.14. The van der Waals surface area contributed by atoms with Gasteiger partial charge in [-0.25, -0.2) is 8.78 Å². The van der Waals surface area contributed by atoms with E-state index in [1.807, 2.05) is 0 Å². The Hall–Kier alpha value is -2.32. The van der Waals surface area contributed by atoms with Crippen LogP contribution in [0.15, 0.2) is 18.3 Å². The van der Waals surface area contributed by atoms with Gasteiger partial charge >= 0.3 is 0 Å². The zero-order valence-corrected chi connectivity index (χ0v) is 9.18. The van der Waals surface area contributed by atoms with E-state index in [1.165, 1.54) is 22.9 Å². The summed E-state index contributed by atoms with van der Waals surface area (Å²) in [4.78, 5) is 11.7. The molecule has 0 fully saturated rings. The normalized spacial score (nSPS) is 10.8. The number of aromatic nitrogens is 5. The number of rotatable bonds is 5. The average molecular weight is 256 g/mol. The van der Waals surface area contributed by atoms with Crippen molar-refractivity contribution in [2.45, 2.75) is 19.5 Å². The summed E-state index contributed by atoms with van der Waals surface area (Å²) in [6, 6.07) is 3.00. The van der Waals surface area contributed by atoms with Gasteiger partial charge in [0.15, 0.2) is 5.82 Å². The van der Waals surface area contributed by atoms with Gasteiger partial charge in [-0.1, -0.05) is 5.21 Å². The van der Waals surface area contributed by atoms with Crippen molar-refractivity contribution in [1.82, 2.24) is 30.5 Å². The van der Waals surface area contributed by atoms with Gasteiger partial charge in [0.05, 0.1) is 13.1 Å². The number of H-pyrrole nitrogens is 1. The quantitative estimate of drug-likeness (QED) is 0.799. The van der Waals surface area contributed by atoms with Crippen molar-refractivity contribution in [2.75, 3.05) is 0 Å².